The van der Waals surface area contributed by atoms with Gasteiger partial charge in [-0.25, -0.2) is 13.2 Å². The van der Waals surface area contributed by atoms with Crippen molar-refractivity contribution < 1.29 is 18.3 Å². The largest absolute Gasteiger partial charge is 0.478 e. The number of hydrogen-bond acceptors (Lipinski definition) is 5. The Bertz CT molecular complexity index is 851. The first-order valence-electron chi connectivity index (χ1n) is 6.66. The fraction of sp³-hybridized carbons (Fsp3) is 0.385. The molecule has 0 bridgehead atoms. The Labute approximate surface area is 131 Å². The molecule has 0 atom stereocenters. The van der Waals surface area contributed by atoms with Crippen LogP contribution in [0, 0.1) is 13.8 Å². The van der Waals surface area contributed by atoms with Gasteiger partial charge in [0.1, 0.15) is 5.56 Å². The third-order valence-corrected chi connectivity index (χ3v) is 6.75. The molecule has 0 aliphatic carbocycles. The lowest BCUT2D eigenvalue weighted by atomic mass is 10.2. The molecular formula is C13H15N3O4S2. The van der Waals surface area contributed by atoms with Crippen LogP contribution in [0.15, 0.2) is 17.2 Å². The fourth-order valence-electron chi connectivity index (χ4n) is 2.61. The Hall–Kier alpha value is -1.71. The summed E-state index contributed by atoms with van der Waals surface area (Å²) in [6.45, 7) is 4.30. The van der Waals surface area contributed by atoms with Crippen molar-refractivity contribution in [2.24, 2.45) is 0 Å². The van der Waals surface area contributed by atoms with Gasteiger partial charge in [-0.15, -0.1) is 11.3 Å². The van der Waals surface area contributed by atoms with Crippen molar-refractivity contribution in [2.45, 2.75) is 31.8 Å². The van der Waals surface area contributed by atoms with E-state index in [0.29, 0.717) is 17.1 Å². The highest BCUT2D eigenvalue weighted by molar-refractivity contribution is 7.89. The van der Waals surface area contributed by atoms with Gasteiger partial charge in [0.2, 0.25) is 10.0 Å². The molecule has 0 amide bonds. The second-order valence-electron chi connectivity index (χ2n) is 5.15. The molecule has 3 rings (SSSR count). The maximum Gasteiger partial charge on any atom is 0.339 e. The Balaban J connectivity index is 1.99. The predicted molar refractivity (Wildman–Crippen MR) is 80.6 cm³/mol. The summed E-state index contributed by atoms with van der Waals surface area (Å²) in [4.78, 5) is 13.2. The van der Waals surface area contributed by atoms with Gasteiger partial charge in [0.25, 0.3) is 0 Å². The zero-order chi connectivity index (χ0) is 16.1. The maximum atomic E-state index is 12.8. The molecule has 3 heterocycles. The summed E-state index contributed by atoms with van der Waals surface area (Å²) in [5.74, 6) is -1.09. The van der Waals surface area contributed by atoms with Crippen molar-refractivity contribution in [3.63, 3.8) is 0 Å². The van der Waals surface area contributed by atoms with E-state index in [1.54, 1.807) is 17.7 Å². The Morgan fingerprint density at radius 1 is 1.36 bits per heavy atom. The molecule has 2 aromatic rings. The Morgan fingerprint density at radius 3 is 2.68 bits per heavy atom. The quantitative estimate of drug-likeness (QED) is 0.912. The van der Waals surface area contributed by atoms with Gasteiger partial charge in [-0.2, -0.15) is 9.40 Å². The maximum absolute atomic E-state index is 12.8. The molecule has 7 nitrogen and oxygen atoms in total. The summed E-state index contributed by atoms with van der Waals surface area (Å²) >= 11 is 1.44. The fourth-order valence-corrected chi connectivity index (χ4v) is 5.53. The first-order valence-corrected chi connectivity index (χ1v) is 8.91. The summed E-state index contributed by atoms with van der Waals surface area (Å²) in [5.41, 5.74) is 0.477. The number of carbonyl (C=O) groups is 1. The van der Waals surface area contributed by atoms with E-state index in [0.717, 1.165) is 9.75 Å². The van der Waals surface area contributed by atoms with Crippen LogP contribution in [0.1, 0.15) is 25.8 Å². The number of sulfonamides is 1. The SMILES string of the molecule is Cc1cc(S(=O)(=O)N2CCn3ncc(C(=O)O)c3C2)c(C)s1. The lowest BCUT2D eigenvalue weighted by Gasteiger charge is -2.27. The average molecular weight is 341 g/mol. The summed E-state index contributed by atoms with van der Waals surface area (Å²) in [6, 6.07) is 1.67. The molecule has 0 spiro atoms. The third kappa shape index (κ3) is 2.34. The van der Waals surface area contributed by atoms with Crippen LogP contribution in [0.25, 0.3) is 0 Å². The molecule has 1 aliphatic heterocycles. The van der Waals surface area contributed by atoms with Crippen LogP contribution < -0.4 is 0 Å². The van der Waals surface area contributed by atoms with Crippen molar-refractivity contribution in [3.05, 3.63) is 33.3 Å². The molecule has 1 aliphatic rings. The minimum absolute atomic E-state index is 0.0261. The van der Waals surface area contributed by atoms with E-state index < -0.39 is 16.0 Å². The third-order valence-electron chi connectivity index (χ3n) is 3.68. The highest BCUT2D eigenvalue weighted by atomic mass is 32.2. The van der Waals surface area contributed by atoms with E-state index in [4.69, 9.17) is 5.11 Å². The number of fused-ring (bicyclic) bond motifs is 1. The molecule has 22 heavy (non-hydrogen) atoms. The number of carboxylic acid groups (broad SMARTS) is 1. The molecule has 1 N–H and O–H groups in total. The predicted octanol–water partition coefficient (Wildman–Crippen LogP) is 1.46. The van der Waals surface area contributed by atoms with E-state index in [9.17, 15) is 13.2 Å². The molecule has 0 aromatic carbocycles. The molecule has 0 saturated heterocycles. The van der Waals surface area contributed by atoms with Crippen LogP contribution in [0.4, 0.5) is 0 Å². The number of rotatable bonds is 3. The van der Waals surface area contributed by atoms with Crippen LogP contribution in [0.2, 0.25) is 0 Å². The monoisotopic (exact) mass is 341 g/mol. The van der Waals surface area contributed by atoms with E-state index in [2.05, 4.69) is 5.10 Å². The zero-order valence-electron chi connectivity index (χ0n) is 12.1. The van der Waals surface area contributed by atoms with Gasteiger partial charge in [-0.1, -0.05) is 0 Å². The number of aromatic nitrogens is 2. The van der Waals surface area contributed by atoms with Crippen LogP contribution in [-0.4, -0.2) is 40.1 Å². The molecule has 0 fully saturated rings. The number of aryl methyl sites for hydroxylation is 2. The van der Waals surface area contributed by atoms with Crippen LogP contribution in [0.3, 0.4) is 0 Å². The number of carboxylic acids is 1. The average Bonchev–Trinajstić information content (AvgIpc) is 3.01. The van der Waals surface area contributed by atoms with Crippen molar-refractivity contribution in [2.75, 3.05) is 6.54 Å². The van der Waals surface area contributed by atoms with Crippen molar-refractivity contribution in [3.8, 4) is 0 Å². The molecule has 0 unspecified atom stereocenters. The van der Waals surface area contributed by atoms with E-state index >= 15 is 0 Å². The van der Waals surface area contributed by atoms with E-state index in [-0.39, 0.29) is 18.7 Å². The van der Waals surface area contributed by atoms with E-state index in [1.165, 1.54) is 21.8 Å². The molecule has 9 heteroatoms. The number of thiophene rings is 1. The first kappa shape index (κ1) is 15.2. The highest BCUT2D eigenvalue weighted by Gasteiger charge is 2.33. The van der Waals surface area contributed by atoms with Gasteiger partial charge in [-0.05, 0) is 19.9 Å². The van der Waals surface area contributed by atoms with Crippen molar-refractivity contribution in [1.29, 1.82) is 0 Å². The van der Waals surface area contributed by atoms with Gasteiger partial charge < -0.3 is 5.11 Å². The highest BCUT2D eigenvalue weighted by Crippen LogP contribution is 2.30. The topological polar surface area (TPSA) is 92.5 Å². The summed E-state index contributed by atoms with van der Waals surface area (Å²) in [6.07, 6.45) is 1.27. The molecule has 0 saturated carbocycles. The summed E-state index contributed by atoms with van der Waals surface area (Å²) in [5, 5.41) is 13.2. The Morgan fingerprint density at radius 2 is 2.09 bits per heavy atom. The van der Waals surface area contributed by atoms with Crippen molar-refractivity contribution in [1.82, 2.24) is 14.1 Å². The Kier molecular flexibility index (Phi) is 3.58. The van der Waals surface area contributed by atoms with Crippen LogP contribution in [0.5, 0.6) is 0 Å². The van der Waals surface area contributed by atoms with Crippen molar-refractivity contribution >= 4 is 27.3 Å². The second kappa shape index (κ2) is 5.18. The normalized spacial score (nSPS) is 15.7. The standard InChI is InChI=1S/C13H15N3O4S2/c1-8-5-12(9(2)21-8)22(19,20)15-3-4-16-11(7-15)10(6-14-16)13(17)18/h5-6H,3-4,7H2,1-2H3,(H,17,18). The minimum atomic E-state index is -3.63. The van der Waals surface area contributed by atoms with Gasteiger partial charge in [0.15, 0.2) is 0 Å². The van der Waals surface area contributed by atoms with Crippen LogP contribution >= 0.6 is 11.3 Å². The second-order valence-corrected chi connectivity index (χ2v) is 8.52. The smallest absolute Gasteiger partial charge is 0.339 e. The van der Waals surface area contributed by atoms with E-state index in [1.807, 2.05) is 6.92 Å². The molecule has 118 valence electrons. The van der Waals surface area contributed by atoms with Gasteiger partial charge in [0.05, 0.1) is 29.9 Å². The summed E-state index contributed by atoms with van der Waals surface area (Å²) in [7, 11) is -3.63. The number of nitrogens with zero attached hydrogens (tertiary/aromatic N) is 3. The molecular weight excluding hydrogens is 326 g/mol. The summed E-state index contributed by atoms with van der Waals surface area (Å²) < 4.78 is 28.5. The lowest BCUT2D eigenvalue weighted by Crippen LogP contribution is -2.39. The number of aromatic carboxylic acids is 1. The molecule has 2 aromatic heterocycles. The van der Waals surface area contributed by atoms with Crippen LogP contribution in [-0.2, 0) is 23.1 Å². The zero-order valence-corrected chi connectivity index (χ0v) is 13.7. The first-order chi connectivity index (χ1) is 10.3. The minimum Gasteiger partial charge on any atom is -0.478 e. The van der Waals surface area contributed by atoms with Gasteiger partial charge in [0, 0.05) is 16.3 Å². The van der Waals surface area contributed by atoms with Gasteiger partial charge >= 0.3 is 5.97 Å². The number of hydrogen-bond donors (Lipinski definition) is 1. The van der Waals surface area contributed by atoms with Gasteiger partial charge in [-0.3, -0.25) is 4.68 Å². The molecule has 0 radical (unpaired) electrons. The lowest BCUT2D eigenvalue weighted by molar-refractivity contribution is 0.0694.